The number of hydrogen-bond acceptors (Lipinski definition) is 10. The molecule has 1 unspecified atom stereocenters. The van der Waals surface area contributed by atoms with E-state index in [9.17, 15) is 22.4 Å². The molecule has 2 aromatic rings. The summed E-state index contributed by atoms with van der Waals surface area (Å²) in [4.78, 5) is 34.9. The molecule has 4 rings (SSSR count). The summed E-state index contributed by atoms with van der Waals surface area (Å²) < 4.78 is 54.5. The number of carbonyl (C=O) groups excluding carboxylic acids is 2. The molecule has 0 spiro atoms. The molecule has 1 amide bonds. The Labute approximate surface area is 220 Å². The first-order valence-corrected chi connectivity index (χ1v) is 14.3. The average molecular weight is 551 g/mol. The number of rotatable bonds is 8. The molecule has 11 nitrogen and oxygen atoms in total. The third-order valence-electron chi connectivity index (χ3n) is 6.62. The second-order valence-electron chi connectivity index (χ2n) is 9.51. The van der Waals surface area contributed by atoms with Gasteiger partial charge in [0.1, 0.15) is 30.4 Å². The largest absolute Gasteiger partial charge is 0.474 e. The number of aromatic nitrogens is 2. The first kappa shape index (κ1) is 27.9. The van der Waals surface area contributed by atoms with Crippen molar-refractivity contribution in [2.45, 2.75) is 62.2 Å². The van der Waals surface area contributed by atoms with Gasteiger partial charge in [-0.25, -0.2) is 27.6 Å². The van der Waals surface area contributed by atoms with Crippen LogP contribution >= 0.6 is 0 Å². The third kappa shape index (κ3) is 6.63. The molecule has 206 valence electrons. The Kier molecular flexibility index (Phi) is 8.58. The molecule has 0 saturated carbocycles. The van der Waals surface area contributed by atoms with Crippen LogP contribution in [0.1, 0.15) is 36.8 Å². The van der Waals surface area contributed by atoms with E-state index in [1.54, 1.807) is 11.8 Å². The normalized spacial score (nSPS) is 19.3. The number of amides is 1. The molecular formula is C25H31FN4O7S. The number of halogens is 1. The molecule has 2 aliphatic rings. The van der Waals surface area contributed by atoms with Gasteiger partial charge in [0.2, 0.25) is 11.8 Å². The summed E-state index contributed by atoms with van der Waals surface area (Å²) in [6, 6.07) is 2.20. The van der Waals surface area contributed by atoms with E-state index in [2.05, 4.69) is 9.97 Å². The van der Waals surface area contributed by atoms with Crippen molar-refractivity contribution in [2.24, 2.45) is 5.73 Å². The summed E-state index contributed by atoms with van der Waals surface area (Å²) in [5.74, 6) is -1.38. The lowest BCUT2D eigenvalue weighted by Gasteiger charge is -2.33. The first-order valence-electron chi connectivity index (χ1n) is 12.4. The highest BCUT2D eigenvalue weighted by molar-refractivity contribution is 7.90. The number of esters is 1. The maximum Gasteiger partial charge on any atom is 0.329 e. The summed E-state index contributed by atoms with van der Waals surface area (Å²) in [6.07, 6.45) is 4.34. The van der Waals surface area contributed by atoms with Gasteiger partial charge in [0.05, 0.1) is 10.5 Å². The molecule has 2 N–H and O–H groups in total. The van der Waals surface area contributed by atoms with Crippen molar-refractivity contribution in [3.63, 3.8) is 0 Å². The van der Waals surface area contributed by atoms with E-state index in [0.717, 1.165) is 25.2 Å². The van der Waals surface area contributed by atoms with Gasteiger partial charge in [0.25, 0.3) is 5.91 Å². The monoisotopic (exact) mass is 550 g/mol. The van der Waals surface area contributed by atoms with Crippen LogP contribution in [0, 0.1) is 12.7 Å². The number of hydrogen-bond donors (Lipinski definition) is 1. The summed E-state index contributed by atoms with van der Waals surface area (Å²) >= 11 is 0. The van der Waals surface area contributed by atoms with E-state index in [0.29, 0.717) is 38.1 Å². The molecule has 0 aliphatic carbocycles. The van der Waals surface area contributed by atoms with Crippen LogP contribution in [-0.4, -0.2) is 79.4 Å². The predicted molar refractivity (Wildman–Crippen MR) is 133 cm³/mol. The maximum absolute atomic E-state index is 14.4. The molecule has 0 radical (unpaired) electrons. The number of sulfone groups is 1. The Morgan fingerprint density at radius 1 is 1.21 bits per heavy atom. The van der Waals surface area contributed by atoms with Crippen molar-refractivity contribution < 1.29 is 36.6 Å². The molecule has 2 fully saturated rings. The van der Waals surface area contributed by atoms with E-state index >= 15 is 0 Å². The first-order chi connectivity index (χ1) is 18.0. The molecule has 1 aromatic carbocycles. The minimum atomic E-state index is -3.57. The van der Waals surface area contributed by atoms with Gasteiger partial charge in [-0.3, -0.25) is 4.79 Å². The van der Waals surface area contributed by atoms with Crippen LogP contribution in [0.25, 0.3) is 0 Å². The highest BCUT2D eigenvalue weighted by Crippen LogP contribution is 2.27. The van der Waals surface area contributed by atoms with Crippen LogP contribution in [-0.2, 0) is 30.6 Å². The fraction of sp³-hybridized carbons (Fsp3) is 0.520. The lowest BCUT2D eigenvalue weighted by molar-refractivity contribution is -0.142. The van der Waals surface area contributed by atoms with Crippen LogP contribution in [0.3, 0.4) is 0 Å². The number of piperidine rings is 1. The molecule has 2 saturated heterocycles. The molecule has 38 heavy (non-hydrogen) atoms. The quantitative estimate of drug-likeness (QED) is 0.477. The topological polar surface area (TPSA) is 151 Å². The van der Waals surface area contributed by atoms with Gasteiger partial charge >= 0.3 is 5.97 Å². The summed E-state index contributed by atoms with van der Waals surface area (Å²) in [5, 5.41) is 0. The predicted octanol–water partition coefficient (Wildman–Crippen LogP) is 1.35. The Morgan fingerprint density at radius 3 is 2.55 bits per heavy atom. The van der Waals surface area contributed by atoms with Gasteiger partial charge in [-0.05, 0) is 37.5 Å². The lowest BCUT2D eigenvalue weighted by Crippen LogP contribution is -2.46. The van der Waals surface area contributed by atoms with Gasteiger partial charge in [-0.1, -0.05) is 6.07 Å². The van der Waals surface area contributed by atoms with Crippen LogP contribution in [0.4, 0.5) is 4.39 Å². The standard InChI is InChI=1S/C25H31FN4O7S/c1-15-22(36-17-7-9-30(10-8-17)24(31)21-4-3-11-35-21)28-14-29-23(15)37-25(32)20(27)12-16-5-6-18(13-19(16)26)38(2,33)34/h5-6,13-14,17,20-21H,3-4,7-12,27H2,1-2H3/t20-,21?/m0/s1. The molecule has 13 heteroatoms. The van der Waals surface area contributed by atoms with Crippen molar-refractivity contribution in [3.8, 4) is 11.8 Å². The van der Waals surface area contributed by atoms with Gasteiger partial charge in [0.15, 0.2) is 9.84 Å². The van der Waals surface area contributed by atoms with Gasteiger partial charge < -0.3 is 24.8 Å². The SMILES string of the molecule is Cc1c(OC(=O)[C@@H](N)Cc2ccc(S(C)(=O)=O)cc2F)ncnc1OC1CCN(C(=O)C2CCCO2)CC1. The Hall–Kier alpha value is -3.16. The molecule has 2 atom stereocenters. The maximum atomic E-state index is 14.4. The second kappa shape index (κ2) is 11.7. The van der Waals surface area contributed by atoms with E-state index in [1.165, 1.54) is 18.5 Å². The molecule has 0 bridgehead atoms. The van der Waals surface area contributed by atoms with Crippen molar-refractivity contribution in [3.05, 3.63) is 41.5 Å². The van der Waals surface area contributed by atoms with Crippen molar-refractivity contribution in [1.82, 2.24) is 14.9 Å². The molecule has 3 heterocycles. The van der Waals surface area contributed by atoms with Crippen molar-refractivity contribution in [2.75, 3.05) is 26.0 Å². The van der Waals surface area contributed by atoms with E-state index in [-0.39, 0.29) is 46.8 Å². The number of nitrogens with zero attached hydrogens (tertiary/aromatic N) is 3. The van der Waals surface area contributed by atoms with Crippen LogP contribution < -0.4 is 15.2 Å². The number of likely N-dealkylation sites (tertiary alicyclic amines) is 1. The summed E-state index contributed by atoms with van der Waals surface area (Å²) in [7, 11) is -3.57. The zero-order chi connectivity index (χ0) is 27.4. The van der Waals surface area contributed by atoms with Crippen LogP contribution in [0.15, 0.2) is 29.4 Å². The van der Waals surface area contributed by atoms with Gasteiger partial charge in [-0.15, -0.1) is 0 Å². The third-order valence-corrected chi connectivity index (χ3v) is 7.73. The highest BCUT2D eigenvalue weighted by Gasteiger charge is 2.32. The Balaban J connectivity index is 1.33. The van der Waals surface area contributed by atoms with Gasteiger partial charge in [-0.2, -0.15) is 0 Å². The second-order valence-corrected chi connectivity index (χ2v) is 11.5. The minimum Gasteiger partial charge on any atom is -0.474 e. The van der Waals surface area contributed by atoms with E-state index < -0.39 is 27.7 Å². The lowest BCUT2D eigenvalue weighted by atomic mass is 10.1. The van der Waals surface area contributed by atoms with Crippen LogP contribution in [0.2, 0.25) is 0 Å². The number of ether oxygens (including phenoxy) is 3. The fourth-order valence-electron chi connectivity index (χ4n) is 4.38. The molecule has 2 aliphatic heterocycles. The van der Waals surface area contributed by atoms with E-state index in [4.69, 9.17) is 19.9 Å². The number of benzene rings is 1. The zero-order valence-corrected chi connectivity index (χ0v) is 22.1. The Bertz CT molecular complexity index is 1290. The number of nitrogens with two attached hydrogens (primary N) is 1. The summed E-state index contributed by atoms with van der Waals surface area (Å²) in [6.45, 7) is 3.36. The number of carbonyl (C=O) groups is 2. The average Bonchev–Trinajstić information content (AvgIpc) is 3.42. The zero-order valence-electron chi connectivity index (χ0n) is 21.3. The minimum absolute atomic E-state index is 0.0240. The molecular weight excluding hydrogens is 519 g/mol. The van der Waals surface area contributed by atoms with Gasteiger partial charge in [0, 0.05) is 45.2 Å². The summed E-state index contributed by atoms with van der Waals surface area (Å²) in [5.41, 5.74) is 6.41. The van der Waals surface area contributed by atoms with Crippen LogP contribution in [0.5, 0.6) is 11.8 Å². The fourth-order valence-corrected chi connectivity index (χ4v) is 5.02. The van der Waals surface area contributed by atoms with Crippen molar-refractivity contribution >= 4 is 21.7 Å². The van der Waals surface area contributed by atoms with E-state index in [1.807, 2.05) is 0 Å². The smallest absolute Gasteiger partial charge is 0.329 e. The molecule has 1 aromatic heterocycles. The highest BCUT2D eigenvalue weighted by atomic mass is 32.2. The Morgan fingerprint density at radius 2 is 1.92 bits per heavy atom. The van der Waals surface area contributed by atoms with Crippen molar-refractivity contribution in [1.29, 1.82) is 0 Å².